The molecule has 5 nitrogen and oxygen atoms in total. The molecule has 21 heavy (non-hydrogen) atoms. The lowest BCUT2D eigenvalue weighted by Crippen LogP contribution is -2.01. The van der Waals surface area contributed by atoms with Crippen LogP contribution in [0.15, 0.2) is 30.3 Å². The zero-order chi connectivity index (χ0) is 15.2. The molecule has 0 N–H and O–H groups in total. The molecule has 5 heteroatoms. The molecule has 2 aromatic rings. The fraction of sp³-hybridized carbons (Fsp3) is 0.250. The summed E-state index contributed by atoms with van der Waals surface area (Å²) in [6.07, 6.45) is 0. The first-order chi connectivity index (χ1) is 10.1. The summed E-state index contributed by atoms with van der Waals surface area (Å²) >= 11 is 0. The lowest BCUT2D eigenvalue weighted by Gasteiger charge is -2.10. The van der Waals surface area contributed by atoms with Gasteiger partial charge in [0.1, 0.15) is 23.9 Å². The number of nitrogens with zero attached hydrogens (tertiary/aromatic N) is 2. The van der Waals surface area contributed by atoms with Gasteiger partial charge < -0.3 is 14.2 Å². The van der Waals surface area contributed by atoms with E-state index in [0.717, 1.165) is 17.1 Å². The highest BCUT2D eigenvalue weighted by Gasteiger charge is 2.05. The van der Waals surface area contributed by atoms with E-state index in [-0.39, 0.29) is 6.61 Å². The highest BCUT2D eigenvalue weighted by Crippen LogP contribution is 2.23. The molecule has 0 bridgehead atoms. The molecule has 0 saturated carbocycles. The Kier molecular flexibility index (Phi) is 4.62. The zero-order valence-electron chi connectivity index (χ0n) is 12.2. The van der Waals surface area contributed by atoms with Crippen LogP contribution in [0, 0.1) is 18.3 Å². The minimum absolute atomic E-state index is 0.288. The SMILES string of the molecule is COc1cc(C#N)cc(OCc2cc(OC)cc(C)n2)c1. The van der Waals surface area contributed by atoms with E-state index in [1.165, 1.54) is 0 Å². The summed E-state index contributed by atoms with van der Waals surface area (Å²) in [5.41, 5.74) is 2.10. The van der Waals surface area contributed by atoms with Crippen molar-refractivity contribution in [3.63, 3.8) is 0 Å². The minimum atomic E-state index is 0.288. The van der Waals surface area contributed by atoms with Crippen LogP contribution in [0.5, 0.6) is 17.2 Å². The van der Waals surface area contributed by atoms with E-state index in [0.29, 0.717) is 17.1 Å². The van der Waals surface area contributed by atoms with Crippen LogP contribution in [0.1, 0.15) is 17.0 Å². The highest BCUT2D eigenvalue weighted by atomic mass is 16.5. The van der Waals surface area contributed by atoms with Crippen LogP contribution in [0.4, 0.5) is 0 Å². The van der Waals surface area contributed by atoms with Crippen molar-refractivity contribution in [3.05, 3.63) is 47.3 Å². The molecular formula is C16H16N2O3. The Labute approximate surface area is 123 Å². The molecule has 1 aromatic carbocycles. The van der Waals surface area contributed by atoms with Crippen molar-refractivity contribution in [2.75, 3.05) is 14.2 Å². The fourth-order valence-corrected chi connectivity index (χ4v) is 1.89. The Morgan fingerprint density at radius 1 is 1.00 bits per heavy atom. The topological polar surface area (TPSA) is 64.4 Å². The largest absolute Gasteiger partial charge is 0.497 e. The fourth-order valence-electron chi connectivity index (χ4n) is 1.89. The molecule has 0 amide bonds. The second-order valence-corrected chi connectivity index (χ2v) is 4.44. The van der Waals surface area contributed by atoms with E-state index in [9.17, 15) is 0 Å². The van der Waals surface area contributed by atoms with E-state index < -0.39 is 0 Å². The molecule has 0 atom stereocenters. The van der Waals surface area contributed by atoms with Crippen molar-refractivity contribution in [1.29, 1.82) is 5.26 Å². The predicted octanol–water partition coefficient (Wildman–Crippen LogP) is 2.86. The van der Waals surface area contributed by atoms with Crippen molar-refractivity contribution < 1.29 is 14.2 Å². The van der Waals surface area contributed by atoms with Crippen LogP contribution in [-0.4, -0.2) is 19.2 Å². The van der Waals surface area contributed by atoms with Crippen LogP contribution >= 0.6 is 0 Å². The van der Waals surface area contributed by atoms with Gasteiger partial charge in [0.2, 0.25) is 0 Å². The lowest BCUT2D eigenvalue weighted by molar-refractivity contribution is 0.297. The molecule has 0 fully saturated rings. The monoisotopic (exact) mass is 284 g/mol. The summed E-state index contributed by atoms with van der Waals surface area (Å²) in [4.78, 5) is 4.38. The number of nitriles is 1. The maximum absolute atomic E-state index is 8.98. The first-order valence-electron chi connectivity index (χ1n) is 6.38. The molecule has 0 saturated heterocycles. The van der Waals surface area contributed by atoms with Gasteiger partial charge in [-0.15, -0.1) is 0 Å². The average Bonchev–Trinajstić information content (AvgIpc) is 2.51. The number of hydrogen-bond acceptors (Lipinski definition) is 5. The van der Waals surface area contributed by atoms with Gasteiger partial charge in [-0.1, -0.05) is 0 Å². The van der Waals surface area contributed by atoms with E-state index in [4.69, 9.17) is 19.5 Å². The molecule has 108 valence electrons. The first-order valence-corrected chi connectivity index (χ1v) is 6.38. The maximum atomic E-state index is 8.98. The minimum Gasteiger partial charge on any atom is -0.497 e. The third-order valence-corrected chi connectivity index (χ3v) is 2.85. The van der Waals surface area contributed by atoms with Gasteiger partial charge in [-0.3, -0.25) is 4.98 Å². The summed E-state index contributed by atoms with van der Waals surface area (Å²) < 4.78 is 16.0. The Balaban J connectivity index is 2.16. The molecule has 0 aliphatic heterocycles. The Morgan fingerprint density at radius 3 is 2.33 bits per heavy atom. The third-order valence-electron chi connectivity index (χ3n) is 2.85. The Morgan fingerprint density at radius 2 is 1.67 bits per heavy atom. The predicted molar refractivity (Wildman–Crippen MR) is 77.6 cm³/mol. The number of hydrogen-bond donors (Lipinski definition) is 0. The van der Waals surface area contributed by atoms with Gasteiger partial charge in [0.25, 0.3) is 0 Å². The van der Waals surface area contributed by atoms with Crippen molar-refractivity contribution in [2.45, 2.75) is 13.5 Å². The van der Waals surface area contributed by atoms with Gasteiger partial charge in [0.05, 0.1) is 31.5 Å². The van der Waals surface area contributed by atoms with Crippen LogP contribution in [0.3, 0.4) is 0 Å². The normalized spacial score (nSPS) is 9.81. The van der Waals surface area contributed by atoms with E-state index in [2.05, 4.69) is 11.1 Å². The third kappa shape index (κ3) is 3.86. The molecule has 0 radical (unpaired) electrons. The van der Waals surface area contributed by atoms with Gasteiger partial charge >= 0.3 is 0 Å². The van der Waals surface area contributed by atoms with Crippen molar-refractivity contribution >= 4 is 0 Å². The highest BCUT2D eigenvalue weighted by molar-refractivity contribution is 5.43. The van der Waals surface area contributed by atoms with Crippen LogP contribution in [-0.2, 0) is 6.61 Å². The molecule has 0 aliphatic carbocycles. The summed E-state index contributed by atoms with van der Waals surface area (Å²) in [6, 6.07) is 10.8. The van der Waals surface area contributed by atoms with Crippen molar-refractivity contribution in [3.8, 4) is 23.3 Å². The van der Waals surface area contributed by atoms with Crippen LogP contribution in [0.25, 0.3) is 0 Å². The standard InChI is InChI=1S/C16H16N2O3/c1-11-4-14(19-2)7-13(18-11)10-21-16-6-12(9-17)5-15(8-16)20-3/h4-8H,10H2,1-3H3. The molecule has 0 aliphatic rings. The van der Waals surface area contributed by atoms with Gasteiger partial charge in [-0.25, -0.2) is 0 Å². The summed E-state index contributed by atoms with van der Waals surface area (Å²) in [5, 5.41) is 8.98. The lowest BCUT2D eigenvalue weighted by atomic mass is 10.2. The van der Waals surface area contributed by atoms with Gasteiger partial charge in [0, 0.05) is 23.9 Å². The smallest absolute Gasteiger partial charge is 0.130 e. The summed E-state index contributed by atoms with van der Waals surface area (Å²) in [5.74, 6) is 1.89. The second-order valence-electron chi connectivity index (χ2n) is 4.44. The molecule has 1 aromatic heterocycles. The van der Waals surface area contributed by atoms with Crippen molar-refractivity contribution in [1.82, 2.24) is 4.98 Å². The summed E-state index contributed by atoms with van der Waals surface area (Å²) in [7, 11) is 3.16. The number of benzene rings is 1. The van der Waals surface area contributed by atoms with Gasteiger partial charge in [-0.2, -0.15) is 5.26 Å². The maximum Gasteiger partial charge on any atom is 0.130 e. The number of aryl methyl sites for hydroxylation is 1. The number of ether oxygens (including phenoxy) is 3. The van der Waals surface area contributed by atoms with Crippen LogP contribution < -0.4 is 14.2 Å². The van der Waals surface area contributed by atoms with Crippen LogP contribution in [0.2, 0.25) is 0 Å². The van der Waals surface area contributed by atoms with E-state index >= 15 is 0 Å². The van der Waals surface area contributed by atoms with Gasteiger partial charge in [0.15, 0.2) is 0 Å². The zero-order valence-corrected chi connectivity index (χ0v) is 12.2. The number of methoxy groups -OCH3 is 2. The quantitative estimate of drug-likeness (QED) is 0.844. The van der Waals surface area contributed by atoms with Gasteiger partial charge in [-0.05, 0) is 19.1 Å². The number of rotatable bonds is 5. The van der Waals surface area contributed by atoms with E-state index in [1.54, 1.807) is 32.4 Å². The number of pyridine rings is 1. The number of aromatic nitrogens is 1. The molecular weight excluding hydrogens is 268 g/mol. The first kappa shape index (κ1) is 14.7. The second kappa shape index (κ2) is 6.62. The molecule has 1 heterocycles. The van der Waals surface area contributed by atoms with Crippen molar-refractivity contribution in [2.24, 2.45) is 0 Å². The average molecular weight is 284 g/mol. The van der Waals surface area contributed by atoms with E-state index in [1.807, 2.05) is 19.1 Å². The molecule has 0 spiro atoms. The Bertz CT molecular complexity index is 678. The summed E-state index contributed by atoms with van der Waals surface area (Å²) in [6.45, 7) is 2.18. The molecule has 0 unspecified atom stereocenters. The Hall–Kier alpha value is -2.74. The molecule has 2 rings (SSSR count).